The highest BCUT2D eigenvalue weighted by Crippen LogP contribution is 2.27. The molecule has 0 aliphatic rings. The third kappa shape index (κ3) is 3.30. The van der Waals surface area contributed by atoms with E-state index in [4.69, 9.17) is 14.2 Å². The Morgan fingerprint density at radius 1 is 1.08 bits per heavy atom. The van der Waals surface area contributed by atoms with E-state index < -0.39 is 0 Å². The van der Waals surface area contributed by atoms with Gasteiger partial charge in [0.25, 0.3) is 5.91 Å². The molecule has 0 aliphatic heterocycles. The van der Waals surface area contributed by atoms with E-state index >= 15 is 0 Å². The highest BCUT2D eigenvalue weighted by molar-refractivity contribution is 7.16. The van der Waals surface area contributed by atoms with Gasteiger partial charge in [-0.25, -0.2) is 0 Å². The molecule has 3 aromatic rings. The summed E-state index contributed by atoms with van der Waals surface area (Å²) >= 11 is 1.45. The van der Waals surface area contributed by atoms with E-state index in [9.17, 15) is 4.79 Å². The lowest BCUT2D eigenvalue weighted by molar-refractivity contribution is 0.0997. The fourth-order valence-corrected chi connectivity index (χ4v) is 3.83. The van der Waals surface area contributed by atoms with Crippen LogP contribution in [-0.4, -0.2) is 31.8 Å². The Morgan fingerprint density at radius 2 is 1.77 bits per heavy atom. The van der Waals surface area contributed by atoms with Crippen LogP contribution in [0.3, 0.4) is 0 Å². The molecule has 0 spiro atoms. The lowest BCUT2D eigenvalue weighted by Crippen LogP contribution is -2.16. The van der Waals surface area contributed by atoms with E-state index in [-0.39, 0.29) is 5.91 Å². The fourth-order valence-electron chi connectivity index (χ4n) is 2.72. The van der Waals surface area contributed by atoms with Gasteiger partial charge in [0, 0.05) is 18.2 Å². The number of methoxy groups -OCH3 is 3. The number of aryl methyl sites for hydroxylation is 1. The van der Waals surface area contributed by atoms with Gasteiger partial charge in [-0.3, -0.25) is 4.79 Å². The van der Waals surface area contributed by atoms with Crippen LogP contribution in [0.5, 0.6) is 17.2 Å². The molecule has 3 rings (SSSR count). The second-order valence-electron chi connectivity index (χ2n) is 5.45. The number of fused-ring (bicyclic) bond motifs is 1. The smallest absolute Gasteiger partial charge is 0.279 e. The summed E-state index contributed by atoms with van der Waals surface area (Å²) in [4.78, 5) is 17.7. The summed E-state index contributed by atoms with van der Waals surface area (Å²) in [5.74, 6) is 1.50. The molecule has 0 N–H and O–H groups in total. The Morgan fingerprint density at radius 3 is 2.35 bits per heavy atom. The number of thiazole rings is 1. The molecule has 0 unspecified atom stereocenters. The minimum atomic E-state index is -0.352. The molecule has 26 heavy (non-hydrogen) atoms. The molecular formula is C19H20N2O4S. The molecule has 2 aromatic carbocycles. The molecule has 136 valence electrons. The summed E-state index contributed by atoms with van der Waals surface area (Å²) in [5, 5.41) is 0. The number of carbonyl (C=O) groups is 1. The Kier molecular flexibility index (Phi) is 5.27. The van der Waals surface area contributed by atoms with Crippen LogP contribution in [0.4, 0.5) is 0 Å². The second-order valence-corrected chi connectivity index (χ2v) is 6.46. The van der Waals surface area contributed by atoms with Gasteiger partial charge >= 0.3 is 0 Å². The average molecular weight is 372 g/mol. The van der Waals surface area contributed by atoms with Crippen molar-refractivity contribution >= 4 is 27.5 Å². The van der Waals surface area contributed by atoms with Gasteiger partial charge < -0.3 is 18.8 Å². The number of benzene rings is 2. The number of para-hydroxylation sites is 1. The number of hydrogen-bond acceptors (Lipinski definition) is 5. The summed E-state index contributed by atoms with van der Waals surface area (Å²) in [7, 11) is 4.73. The first-order valence-electron chi connectivity index (χ1n) is 8.09. The Hall–Kier alpha value is -2.80. The lowest BCUT2D eigenvalue weighted by atomic mass is 10.2. The van der Waals surface area contributed by atoms with Gasteiger partial charge in [0.2, 0.25) is 0 Å². The maximum Gasteiger partial charge on any atom is 0.279 e. The van der Waals surface area contributed by atoms with E-state index in [1.807, 2.05) is 29.7 Å². The van der Waals surface area contributed by atoms with Crippen molar-refractivity contribution in [2.75, 3.05) is 21.3 Å². The molecule has 0 saturated heterocycles. The monoisotopic (exact) mass is 372 g/mol. The van der Waals surface area contributed by atoms with E-state index in [0.29, 0.717) is 28.4 Å². The van der Waals surface area contributed by atoms with E-state index in [1.165, 1.54) is 11.3 Å². The number of ether oxygens (including phenoxy) is 3. The summed E-state index contributed by atoms with van der Waals surface area (Å²) in [6.45, 7) is 2.69. The summed E-state index contributed by atoms with van der Waals surface area (Å²) in [6.07, 6.45) is 0. The first-order chi connectivity index (χ1) is 12.6. The molecule has 1 aromatic heterocycles. The summed E-state index contributed by atoms with van der Waals surface area (Å²) in [5.41, 5.74) is 1.35. The van der Waals surface area contributed by atoms with Crippen LogP contribution in [-0.2, 0) is 6.54 Å². The molecule has 0 aliphatic carbocycles. The summed E-state index contributed by atoms with van der Waals surface area (Å²) in [6, 6.07) is 10.8. The molecule has 1 amide bonds. The summed E-state index contributed by atoms with van der Waals surface area (Å²) < 4.78 is 18.9. The van der Waals surface area contributed by atoms with Crippen LogP contribution < -0.4 is 19.0 Å². The van der Waals surface area contributed by atoms with Crippen molar-refractivity contribution in [3.05, 3.63) is 46.8 Å². The molecule has 6 nitrogen and oxygen atoms in total. The minimum absolute atomic E-state index is 0.352. The number of nitrogens with zero attached hydrogens (tertiary/aromatic N) is 2. The number of rotatable bonds is 5. The molecule has 0 fully saturated rings. The number of carbonyl (C=O) groups excluding carboxylic acids is 1. The lowest BCUT2D eigenvalue weighted by Gasteiger charge is -2.07. The topological polar surface area (TPSA) is 62.1 Å². The van der Waals surface area contributed by atoms with Crippen molar-refractivity contribution in [3.8, 4) is 17.2 Å². The van der Waals surface area contributed by atoms with Gasteiger partial charge in [-0.05, 0) is 31.2 Å². The van der Waals surface area contributed by atoms with Crippen LogP contribution in [0, 0.1) is 0 Å². The van der Waals surface area contributed by atoms with Gasteiger partial charge in [-0.2, -0.15) is 4.99 Å². The highest BCUT2D eigenvalue weighted by Gasteiger charge is 2.13. The second kappa shape index (κ2) is 7.61. The largest absolute Gasteiger partial charge is 0.497 e. The zero-order chi connectivity index (χ0) is 18.7. The van der Waals surface area contributed by atoms with Crippen molar-refractivity contribution in [3.63, 3.8) is 0 Å². The zero-order valence-corrected chi connectivity index (χ0v) is 15.9. The third-order valence-electron chi connectivity index (χ3n) is 4.00. The van der Waals surface area contributed by atoms with Crippen LogP contribution in [0.25, 0.3) is 10.2 Å². The molecule has 0 saturated carbocycles. The third-order valence-corrected chi connectivity index (χ3v) is 5.04. The SMILES string of the molecule is CCn1c(=NC(=O)c2cc(OC)cc(OC)c2)sc2cccc(OC)c21. The maximum absolute atomic E-state index is 12.7. The van der Waals surface area contributed by atoms with Crippen molar-refractivity contribution < 1.29 is 19.0 Å². The molecular weight excluding hydrogens is 352 g/mol. The van der Waals surface area contributed by atoms with E-state index in [1.54, 1.807) is 39.5 Å². The highest BCUT2D eigenvalue weighted by atomic mass is 32.1. The average Bonchev–Trinajstić information content (AvgIpc) is 3.04. The molecule has 0 atom stereocenters. The fraction of sp³-hybridized carbons (Fsp3) is 0.263. The Bertz CT molecular complexity index is 998. The van der Waals surface area contributed by atoms with E-state index in [0.717, 1.165) is 16.0 Å². The van der Waals surface area contributed by atoms with Gasteiger partial charge in [0.15, 0.2) is 4.80 Å². The van der Waals surface area contributed by atoms with Crippen molar-refractivity contribution in [2.24, 2.45) is 4.99 Å². The number of amides is 1. The van der Waals surface area contributed by atoms with Crippen LogP contribution >= 0.6 is 11.3 Å². The van der Waals surface area contributed by atoms with Crippen molar-refractivity contribution in [1.82, 2.24) is 4.57 Å². The van der Waals surface area contributed by atoms with Gasteiger partial charge in [-0.1, -0.05) is 17.4 Å². The predicted molar refractivity (Wildman–Crippen MR) is 101 cm³/mol. The standard InChI is InChI=1S/C19H20N2O4S/c1-5-21-17-15(25-4)7-6-8-16(17)26-19(21)20-18(22)12-9-13(23-2)11-14(10-12)24-3/h6-11H,5H2,1-4H3. The first kappa shape index (κ1) is 18.0. The quantitative estimate of drug-likeness (QED) is 0.688. The molecule has 0 bridgehead atoms. The van der Waals surface area contributed by atoms with Gasteiger partial charge in [0.05, 0.1) is 26.0 Å². The molecule has 0 radical (unpaired) electrons. The normalized spacial score (nSPS) is 11.6. The van der Waals surface area contributed by atoms with Crippen LogP contribution in [0.15, 0.2) is 41.4 Å². The number of aromatic nitrogens is 1. The van der Waals surface area contributed by atoms with Gasteiger partial charge in [0.1, 0.15) is 22.8 Å². The predicted octanol–water partition coefficient (Wildman–Crippen LogP) is 3.49. The van der Waals surface area contributed by atoms with Crippen LogP contribution in [0.2, 0.25) is 0 Å². The van der Waals surface area contributed by atoms with Crippen LogP contribution in [0.1, 0.15) is 17.3 Å². The molecule has 7 heteroatoms. The Labute approximate surface area is 155 Å². The van der Waals surface area contributed by atoms with Crippen molar-refractivity contribution in [2.45, 2.75) is 13.5 Å². The van der Waals surface area contributed by atoms with Crippen molar-refractivity contribution in [1.29, 1.82) is 0 Å². The maximum atomic E-state index is 12.7. The zero-order valence-electron chi connectivity index (χ0n) is 15.1. The van der Waals surface area contributed by atoms with Gasteiger partial charge in [-0.15, -0.1) is 0 Å². The first-order valence-corrected chi connectivity index (χ1v) is 8.91. The Balaban J connectivity index is 2.14. The minimum Gasteiger partial charge on any atom is -0.497 e. The molecule has 1 heterocycles. The number of hydrogen-bond donors (Lipinski definition) is 0. The van der Waals surface area contributed by atoms with E-state index in [2.05, 4.69) is 4.99 Å².